The number of hydrogen-bond acceptors (Lipinski definition) is 3. The van der Waals surface area contributed by atoms with Crippen molar-refractivity contribution in [3.63, 3.8) is 0 Å². The first-order valence-electron chi connectivity index (χ1n) is 11.6. The Balaban J connectivity index is 1.66. The molecule has 0 atom stereocenters. The molecule has 36 heavy (non-hydrogen) atoms. The van der Waals surface area contributed by atoms with Crippen molar-refractivity contribution in [2.45, 2.75) is 20.3 Å². The van der Waals surface area contributed by atoms with Gasteiger partial charge in [0.05, 0.1) is 5.69 Å². The molecule has 4 amide bonds. The minimum absolute atomic E-state index is 0.166. The first-order chi connectivity index (χ1) is 17.3. The third-order valence-corrected chi connectivity index (χ3v) is 6.38. The van der Waals surface area contributed by atoms with E-state index in [9.17, 15) is 18.8 Å². The Kier molecular flexibility index (Phi) is 5.94. The first-order valence-corrected chi connectivity index (χ1v) is 11.6. The summed E-state index contributed by atoms with van der Waals surface area (Å²) in [6.07, 6.45) is 1.78. The Hall–Kier alpha value is -4.58. The van der Waals surface area contributed by atoms with Crippen LogP contribution in [0.1, 0.15) is 27.8 Å². The summed E-state index contributed by atoms with van der Waals surface area (Å²) in [6, 6.07) is 22.5. The third kappa shape index (κ3) is 4.18. The van der Waals surface area contributed by atoms with Gasteiger partial charge in [-0.05, 0) is 65.1 Å². The summed E-state index contributed by atoms with van der Waals surface area (Å²) >= 11 is 0. The van der Waals surface area contributed by atoms with Crippen molar-refractivity contribution in [1.29, 1.82) is 0 Å². The zero-order valence-corrected chi connectivity index (χ0v) is 19.8. The minimum atomic E-state index is -0.793. The van der Waals surface area contributed by atoms with Crippen LogP contribution in [0.4, 0.5) is 14.9 Å². The summed E-state index contributed by atoms with van der Waals surface area (Å²) in [5.41, 5.74) is 3.84. The van der Waals surface area contributed by atoms with Gasteiger partial charge < -0.3 is 0 Å². The highest BCUT2D eigenvalue weighted by molar-refractivity contribution is 6.39. The van der Waals surface area contributed by atoms with Crippen LogP contribution in [0.2, 0.25) is 0 Å². The molecule has 0 spiro atoms. The number of benzene rings is 4. The van der Waals surface area contributed by atoms with Gasteiger partial charge in [0.1, 0.15) is 11.4 Å². The van der Waals surface area contributed by atoms with E-state index in [-0.39, 0.29) is 17.8 Å². The molecule has 0 aromatic heterocycles. The lowest BCUT2D eigenvalue weighted by molar-refractivity contribution is -0.122. The summed E-state index contributed by atoms with van der Waals surface area (Å²) in [5, 5.41) is 4.02. The molecular weight excluding hydrogens is 455 g/mol. The molecule has 1 aliphatic heterocycles. The Morgan fingerprint density at radius 3 is 2.39 bits per heavy atom. The fourth-order valence-electron chi connectivity index (χ4n) is 4.59. The zero-order chi connectivity index (χ0) is 25.4. The number of barbiturate groups is 1. The zero-order valence-electron chi connectivity index (χ0n) is 19.8. The third-order valence-electron chi connectivity index (χ3n) is 6.38. The van der Waals surface area contributed by atoms with Gasteiger partial charge in [-0.3, -0.25) is 14.9 Å². The second kappa shape index (κ2) is 9.23. The molecule has 1 fully saturated rings. The number of imide groups is 2. The molecule has 0 saturated carbocycles. The molecule has 5 rings (SSSR count). The highest BCUT2D eigenvalue weighted by Crippen LogP contribution is 2.30. The van der Waals surface area contributed by atoms with Crippen LogP contribution in [0.25, 0.3) is 16.8 Å². The molecule has 4 aromatic carbocycles. The molecule has 0 aliphatic carbocycles. The molecule has 0 radical (unpaired) electrons. The second-order valence-electron chi connectivity index (χ2n) is 8.88. The normalized spacial score (nSPS) is 15.0. The molecule has 1 aliphatic rings. The van der Waals surface area contributed by atoms with Gasteiger partial charge in [-0.1, -0.05) is 72.3 Å². The van der Waals surface area contributed by atoms with Gasteiger partial charge in [-0.25, -0.2) is 14.1 Å². The van der Waals surface area contributed by atoms with Crippen LogP contribution in [0, 0.1) is 19.7 Å². The first kappa shape index (κ1) is 23.2. The lowest BCUT2D eigenvalue weighted by Gasteiger charge is -2.28. The quantitative estimate of drug-likeness (QED) is 0.295. The van der Waals surface area contributed by atoms with E-state index in [2.05, 4.69) is 5.32 Å². The fourth-order valence-corrected chi connectivity index (χ4v) is 4.59. The van der Waals surface area contributed by atoms with Crippen molar-refractivity contribution >= 4 is 40.4 Å². The number of urea groups is 1. The van der Waals surface area contributed by atoms with Crippen LogP contribution in [0.15, 0.2) is 84.4 Å². The number of nitrogens with one attached hydrogen (secondary N) is 1. The maximum absolute atomic E-state index is 14.5. The maximum Gasteiger partial charge on any atom is 0.335 e. The summed E-state index contributed by atoms with van der Waals surface area (Å²) in [5.74, 6) is -1.81. The second-order valence-corrected chi connectivity index (χ2v) is 8.88. The van der Waals surface area contributed by atoms with Gasteiger partial charge in [0.15, 0.2) is 0 Å². The Morgan fingerprint density at radius 1 is 0.861 bits per heavy atom. The van der Waals surface area contributed by atoms with E-state index in [1.165, 1.54) is 12.1 Å². The predicted molar refractivity (Wildman–Crippen MR) is 138 cm³/mol. The van der Waals surface area contributed by atoms with E-state index in [1.54, 1.807) is 37.3 Å². The molecule has 0 unspecified atom stereocenters. The number of halogens is 1. The van der Waals surface area contributed by atoms with Crippen LogP contribution in [-0.4, -0.2) is 17.8 Å². The molecule has 5 nitrogen and oxygen atoms in total. The van der Waals surface area contributed by atoms with E-state index in [4.69, 9.17) is 0 Å². The van der Waals surface area contributed by atoms with Crippen molar-refractivity contribution in [2.24, 2.45) is 0 Å². The highest BCUT2D eigenvalue weighted by atomic mass is 19.1. The molecule has 4 aromatic rings. The summed E-state index contributed by atoms with van der Waals surface area (Å²) in [6.45, 7) is 3.72. The Morgan fingerprint density at radius 2 is 1.61 bits per heavy atom. The highest BCUT2D eigenvalue weighted by Gasteiger charge is 2.37. The molecule has 1 heterocycles. The largest absolute Gasteiger partial charge is 0.335 e. The van der Waals surface area contributed by atoms with Gasteiger partial charge >= 0.3 is 6.03 Å². The minimum Gasteiger partial charge on any atom is -0.273 e. The number of carbonyl (C=O) groups is 3. The van der Waals surface area contributed by atoms with E-state index in [0.29, 0.717) is 16.8 Å². The van der Waals surface area contributed by atoms with Crippen LogP contribution in [-0.2, 0) is 16.0 Å². The van der Waals surface area contributed by atoms with Crippen molar-refractivity contribution in [3.05, 3.63) is 118 Å². The Bertz CT molecular complexity index is 1590. The van der Waals surface area contributed by atoms with Gasteiger partial charge in [0, 0.05) is 6.42 Å². The number of rotatable bonds is 4. The predicted octanol–water partition coefficient (Wildman–Crippen LogP) is 5.85. The monoisotopic (exact) mass is 478 g/mol. The summed E-state index contributed by atoms with van der Waals surface area (Å²) in [4.78, 5) is 40.2. The number of hydrogen-bond donors (Lipinski definition) is 1. The number of amides is 4. The number of fused-ring (bicyclic) bond motifs is 1. The van der Waals surface area contributed by atoms with Crippen molar-refractivity contribution in [1.82, 2.24) is 5.32 Å². The summed E-state index contributed by atoms with van der Waals surface area (Å²) < 4.78 is 14.5. The fraction of sp³-hybridized carbons (Fsp3) is 0.100. The molecule has 178 valence electrons. The van der Waals surface area contributed by atoms with Crippen LogP contribution >= 0.6 is 0 Å². The lowest BCUT2D eigenvalue weighted by Crippen LogP contribution is -2.54. The van der Waals surface area contributed by atoms with E-state index >= 15 is 0 Å². The van der Waals surface area contributed by atoms with E-state index in [1.807, 2.05) is 49.4 Å². The molecule has 1 saturated heterocycles. The van der Waals surface area contributed by atoms with Gasteiger partial charge in [-0.2, -0.15) is 0 Å². The topological polar surface area (TPSA) is 66.5 Å². The van der Waals surface area contributed by atoms with Crippen molar-refractivity contribution in [2.75, 3.05) is 4.90 Å². The lowest BCUT2D eigenvalue weighted by atomic mass is 9.92. The number of aryl methyl sites for hydroxylation is 2. The standard InChI is InChI=1S/C30H23FN2O3/c1-18-11-14-27(19(2)15-18)33-29(35)25(28(34)32-30(33)36)17-24-21(16-22-8-4-6-10-26(22)31)13-12-20-7-3-5-9-23(20)24/h3-15,17H,16H2,1-2H3,(H,32,34,36)/b25-17+. The number of carbonyl (C=O) groups excluding carboxylic acids is 3. The molecule has 0 bridgehead atoms. The molecule has 1 N–H and O–H groups in total. The van der Waals surface area contributed by atoms with Crippen LogP contribution in [0.5, 0.6) is 0 Å². The molecular formula is C30H23FN2O3. The number of anilines is 1. The van der Waals surface area contributed by atoms with Crippen molar-refractivity contribution < 1.29 is 18.8 Å². The Labute approximate surface area is 207 Å². The van der Waals surface area contributed by atoms with Gasteiger partial charge in [0.2, 0.25) is 0 Å². The van der Waals surface area contributed by atoms with Crippen LogP contribution < -0.4 is 10.2 Å². The van der Waals surface area contributed by atoms with Crippen LogP contribution in [0.3, 0.4) is 0 Å². The molecule has 6 heteroatoms. The average molecular weight is 479 g/mol. The summed E-state index contributed by atoms with van der Waals surface area (Å²) in [7, 11) is 0. The smallest absolute Gasteiger partial charge is 0.273 e. The van der Waals surface area contributed by atoms with E-state index < -0.39 is 17.8 Å². The van der Waals surface area contributed by atoms with E-state index in [0.717, 1.165) is 32.4 Å². The van der Waals surface area contributed by atoms with Gasteiger partial charge in [0.25, 0.3) is 11.8 Å². The maximum atomic E-state index is 14.5. The average Bonchev–Trinajstić information content (AvgIpc) is 2.85. The SMILES string of the molecule is Cc1ccc(N2C(=O)NC(=O)/C(=C\c3c(Cc4ccccc4F)ccc4ccccc34)C2=O)c(C)c1. The van der Waals surface area contributed by atoms with Crippen molar-refractivity contribution in [3.8, 4) is 0 Å². The number of nitrogens with zero attached hydrogens (tertiary/aromatic N) is 1. The van der Waals surface area contributed by atoms with Gasteiger partial charge in [-0.15, -0.1) is 0 Å².